The van der Waals surface area contributed by atoms with Crippen molar-refractivity contribution in [2.45, 2.75) is 24.8 Å². The third-order valence-corrected chi connectivity index (χ3v) is 4.40. The Morgan fingerprint density at radius 2 is 2.17 bits per heavy atom. The standard InChI is InChI=1S/C14H18ClFN2/c15-9-11-3-4-14(13(16)8-11)18-7-6-17-5-1-2-12(17)10-18/h3-4,8,12H,1-2,5-7,9-10H2. The van der Waals surface area contributed by atoms with Gasteiger partial charge in [-0.05, 0) is 37.1 Å². The minimum absolute atomic E-state index is 0.139. The topological polar surface area (TPSA) is 6.48 Å². The lowest BCUT2D eigenvalue weighted by Crippen LogP contribution is -2.50. The van der Waals surface area contributed by atoms with Gasteiger partial charge in [0.15, 0.2) is 0 Å². The lowest BCUT2D eigenvalue weighted by Gasteiger charge is -2.39. The lowest BCUT2D eigenvalue weighted by atomic mass is 10.1. The summed E-state index contributed by atoms with van der Waals surface area (Å²) in [5.41, 5.74) is 1.58. The minimum atomic E-state index is -0.139. The van der Waals surface area contributed by atoms with E-state index >= 15 is 0 Å². The van der Waals surface area contributed by atoms with Crippen LogP contribution in [0.2, 0.25) is 0 Å². The molecule has 4 heteroatoms. The summed E-state index contributed by atoms with van der Waals surface area (Å²) in [5, 5.41) is 0. The zero-order valence-electron chi connectivity index (χ0n) is 10.4. The molecule has 1 atom stereocenters. The van der Waals surface area contributed by atoms with Crippen LogP contribution in [0.25, 0.3) is 0 Å². The predicted octanol–water partition coefficient (Wildman–Crippen LogP) is 2.85. The molecule has 2 aliphatic heterocycles. The SMILES string of the molecule is Fc1cc(CCl)ccc1N1CCN2CCCC2C1. The van der Waals surface area contributed by atoms with E-state index in [1.807, 2.05) is 12.1 Å². The number of rotatable bonds is 2. The minimum Gasteiger partial charge on any atom is -0.366 e. The van der Waals surface area contributed by atoms with Crippen molar-refractivity contribution < 1.29 is 4.39 Å². The molecule has 0 saturated carbocycles. The van der Waals surface area contributed by atoms with Crippen molar-refractivity contribution in [1.29, 1.82) is 0 Å². The molecule has 2 saturated heterocycles. The molecule has 98 valence electrons. The Balaban J connectivity index is 1.78. The Morgan fingerprint density at radius 3 is 2.94 bits per heavy atom. The van der Waals surface area contributed by atoms with Gasteiger partial charge in [-0.2, -0.15) is 0 Å². The highest BCUT2D eigenvalue weighted by atomic mass is 35.5. The van der Waals surface area contributed by atoms with Gasteiger partial charge in [-0.15, -0.1) is 11.6 Å². The van der Waals surface area contributed by atoms with Crippen molar-refractivity contribution in [2.24, 2.45) is 0 Å². The van der Waals surface area contributed by atoms with Crippen LogP contribution >= 0.6 is 11.6 Å². The second-order valence-electron chi connectivity index (χ2n) is 5.20. The molecule has 2 nitrogen and oxygen atoms in total. The second kappa shape index (κ2) is 5.06. The fourth-order valence-corrected chi connectivity index (χ4v) is 3.27. The van der Waals surface area contributed by atoms with E-state index in [2.05, 4.69) is 9.80 Å². The highest BCUT2D eigenvalue weighted by molar-refractivity contribution is 6.17. The number of nitrogens with zero attached hydrogens (tertiary/aromatic N) is 2. The number of anilines is 1. The van der Waals surface area contributed by atoms with E-state index in [0.717, 1.165) is 30.9 Å². The van der Waals surface area contributed by atoms with Crippen LogP contribution in [0.5, 0.6) is 0 Å². The smallest absolute Gasteiger partial charge is 0.146 e. The monoisotopic (exact) mass is 268 g/mol. The first-order valence-corrected chi connectivity index (χ1v) is 7.15. The Labute approximate surface area is 112 Å². The van der Waals surface area contributed by atoms with Gasteiger partial charge >= 0.3 is 0 Å². The molecule has 0 spiro atoms. The molecule has 2 aliphatic rings. The van der Waals surface area contributed by atoms with Gasteiger partial charge in [0.25, 0.3) is 0 Å². The fourth-order valence-electron chi connectivity index (χ4n) is 3.10. The Hall–Kier alpha value is -0.800. The van der Waals surface area contributed by atoms with Crippen LogP contribution in [0.4, 0.5) is 10.1 Å². The van der Waals surface area contributed by atoms with Crippen molar-refractivity contribution >= 4 is 17.3 Å². The number of alkyl halides is 1. The van der Waals surface area contributed by atoms with Crippen molar-refractivity contribution in [3.8, 4) is 0 Å². The van der Waals surface area contributed by atoms with Crippen LogP contribution in [0.3, 0.4) is 0 Å². The maximum Gasteiger partial charge on any atom is 0.146 e. The summed E-state index contributed by atoms with van der Waals surface area (Å²) in [5.74, 6) is 0.229. The summed E-state index contributed by atoms with van der Waals surface area (Å²) >= 11 is 5.72. The van der Waals surface area contributed by atoms with Crippen molar-refractivity contribution in [3.05, 3.63) is 29.6 Å². The third-order valence-electron chi connectivity index (χ3n) is 4.09. The molecule has 2 fully saturated rings. The first-order valence-electron chi connectivity index (χ1n) is 6.61. The summed E-state index contributed by atoms with van der Waals surface area (Å²) in [6, 6.07) is 5.97. The van der Waals surface area contributed by atoms with Gasteiger partial charge in [-0.25, -0.2) is 4.39 Å². The number of hydrogen-bond donors (Lipinski definition) is 0. The maximum atomic E-state index is 14.1. The van der Waals surface area contributed by atoms with Gasteiger partial charge in [0.05, 0.1) is 5.69 Å². The second-order valence-corrected chi connectivity index (χ2v) is 5.46. The van der Waals surface area contributed by atoms with Crippen molar-refractivity contribution in [1.82, 2.24) is 4.90 Å². The molecular formula is C14H18ClFN2. The summed E-state index contributed by atoms with van der Waals surface area (Å²) in [6.45, 7) is 4.15. The number of hydrogen-bond acceptors (Lipinski definition) is 2. The van der Waals surface area contributed by atoms with E-state index in [-0.39, 0.29) is 5.82 Å². The Morgan fingerprint density at radius 1 is 1.28 bits per heavy atom. The van der Waals surface area contributed by atoms with Crippen LogP contribution in [-0.4, -0.2) is 37.1 Å². The van der Waals surface area contributed by atoms with E-state index in [1.165, 1.54) is 19.4 Å². The predicted molar refractivity (Wildman–Crippen MR) is 72.8 cm³/mol. The molecule has 0 radical (unpaired) electrons. The molecule has 1 aromatic rings. The number of halogens is 2. The van der Waals surface area contributed by atoms with Crippen LogP contribution in [0.1, 0.15) is 18.4 Å². The normalized spacial score (nSPS) is 24.3. The quantitative estimate of drug-likeness (QED) is 0.761. The summed E-state index contributed by atoms with van der Waals surface area (Å²) in [7, 11) is 0. The number of benzene rings is 1. The molecule has 18 heavy (non-hydrogen) atoms. The maximum absolute atomic E-state index is 14.1. The van der Waals surface area contributed by atoms with Crippen LogP contribution in [-0.2, 0) is 5.88 Å². The molecular weight excluding hydrogens is 251 g/mol. The fraction of sp³-hybridized carbons (Fsp3) is 0.571. The van der Waals surface area contributed by atoms with Gasteiger partial charge < -0.3 is 4.90 Å². The highest BCUT2D eigenvalue weighted by Gasteiger charge is 2.31. The summed E-state index contributed by atoms with van der Waals surface area (Å²) in [6.07, 6.45) is 2.53. The van der Waals surface area contributed by atoms with Gasteiger partial charge in [0.1, 0.15) is 5.82 Å². The van der Waals surface area contributed by atoms with Crippen molar-refractivity contribution in [2.75, 3.05) is 31.1 Å². The van der Waals surface area contributed by atoms with E-state index in [1.54, 1.807) is 6.07 Å². The number of piperazine rings is 1. The van der Waals surface area contributed by atoms with Gasteiger partial charge in [-0.1, -0.05) is 6.07 Å². The molecule has 0 aromatic heterocycles. The molecule has 0 N–H and O–H groups in total. The Bertz CT molecular complexity index is 438. The molecule has 0 amide bonds. The molecule has 1 aromatic carbocycles. The zero-order chi connectivity index (χ0) is 12.5. The first-order chi connectivity index (χ1) is 8.78. The molecule has 0 bridgehead atoms. The van der Waals surface area contributed by atoms with Crippen LogP contribution < -0.4 is 4.90 Å². The van der Waals surface area contributed by atoms with E-state index in [9.17, 15) is 4.39 Å². The van der Waals surface area contributed by atoms with Crippen molar-refractivity contribution in [3.63, 3.8) is 0 Å². The van der Waals surface area contributed by atoms with Gasteiger partial charge in [-0.3, -0.25) is 4.90 Å². The van der Waals surface area contributed by atoms with Crippen LogP contribution in [0.15, 0.2) is 18.2 Å². The van der Waals surface area contributed by atoms with E-state index in [4.69, 9.17) is 11.6 Å². The first kappa shape index (κ1) is 12.2. The molecule has 2 heterocycles. The highest BCUT2D eigenvalue weighted by Crippen LogP contribution is 2.27. The summed E-state index contributed by atoms with van der Waals surface area (Å²) in [4.78, 5) is 4.71. The van der Waals surface area contributed by atoms with E-state index in [0.29, 0.717) is 11.9 Å². The average molecular weight is 269 g/mol. The van der Waals surface area contributed by atoms with Gasteiger partial charge in [0, 0.05) is 31.6 Å². The number of fused-ring (bicyclic) bond motifs is 1. The van der Waals surface area contributed by atoms with E-state index < -0.39 is 0 Å². The molecule has 3 rings (SSSR count). The van der Waals surface area contributed by atoms with Crippen LogP contribution in [0, 0.1) is 5.82 Å². The van der Waals surface area contributed by atoms with Gasteiger partial charge in [0.2, 0.25) is 0 Å². The zero-order valence-corrected chi connectivity index (χ0v) is 11.2. The molecule has 0 aliphatic carbocycles. The Kier molecular flexibility index (Phi) is 3.44. The largest absolute Gasteiger partial charge is 0.366 e. The average Bonchev–Trinajstić information content (AvgIpc) is 2.85. The summed E-state index contributed by atoms with van der Waals surface area (Å²) < 4.78 is 14.1. The lowest BCUT2D eigenvalue weighted by molar-refractivity contribution is 0.230. The third kappa shape index (κ3) is 2.21. The molecule has 1 unspecified atom stereocenters.